The van der Waals surface area contributed by atoms with Crippen molar-refractivity contribution in [3.63, 3.8) is 0 Å². The number of nitrogens with zero attached hydrogens (tertiary/aromatic N) is 1. The van der Waals surface area contributed by atoms with Crippen LogP contribution in [0.4, 0.5) is 0 Å². The van der Waals surface area contributed by atoms with E-state index in [4.69, 9.17) is 23.7 Å². The number of ether oxygens (including phenoxy) is 5. The standard InChI is InChI=1S/C53H99NO11/c1-5-9-12-15-16-17-18-19-20-21-22-23-24-27-30-35-51(58)63-44-48(46-65-53(60)37-39-54(38-8-4)40-41-55)45-64-52(59)36-31-32-47(42-61-49(56)33-28-25-13-10-6-2)43-62-50(57)34-29-26-14-11-7-3/h47-48,55H,5-46H2,1-4H3. The van der Waals surface area contributed by atoms with E-state index in [-0.39, 0.29) is 76.3 Å². The maximum atomic E-state index is 13.0. The maximum absolute atomic E-state index is 13.0. The lowest BCUT2D eigenvalue weighted by Crippen LogP contribution is -2.31. The van der Waals surface area contributed by atoms with E-state index >= 15 is 0 Å². The average Bonchev–Trinajstić information content (AvgIpc) is 3.29. The molecule has 0 amide bonds. The molecule has 382 valence electrons. The summed E-state index contributed by atoms with van der Waals surface area (Å²) in [6.07, 6.45) is 32.1. The van der Waals surface area contributed by atoms with Gasteiger partial charge < -0.3 is 33.7 Å². The quantitative estimate of drug-likeness (QED) is 0.0351. The van der Waals surface area contributed by atoms with Crippen LogP contribution in [-0.2, 0) is 47.7 Å². The third kappa shape index (κ3) is 43.6. The first kappa shape index (κ1) is 62.3. The molecule has 12 nitrogen and oxygen atoms in total. The highest BCUT2D eigenvalue weighted by atomic mass is 16.6. The summed E-state index contributed by atoms with van der Waals surface area (Å²) >= 11 is 0. The summed E-state index contributed by atoms with van der Waals surface area (Å²) in [5.41, 5.74) is 0. The Labute approximate surface area is 397 Å². The molecule has 0 spiro atoms. The van der Waals surface area contributed by atoms with Gasteiger partial charge in [0.05, 0.1) is 32.2 Å². The molecule has 0 saturated heterocycles. The summed E-state index contributed by atoms with van der Waals surface area (Å²) in [6.45, 7) is 10.3. The molecule has 1 unspecified atom stereocenters. The lowest BCUT2D eigenvalue weighted by Gasteiger charge is -2.21. The van der Waals surface area contributed by atoms with Gasteiger partial charge in [0.2, 0.25) is 0 Å². The van der Waals surface area contributed by atoms with Crippen molar-refractivity contribution in [1.29, 1.82) is 0 Å². The van der Waals surface area contributed by atoms with Gasteiger partial charge in [-0.05, 0) is 45.1 Å². The third-order valence-electron chi connectivity index (χ3n) is 11.9. The molecule has 0 bridgehead atoms. The van der Waals surface area contributed by atoms with E-state index in [0.29, 0.717) is 45.2 Å². The zero-order valence-electron chi connectivity index (χ0n) is 42.3. The largest absolute Gasteiger partial charge is 0.465 e. The molecular formula is C53H99NO11. The number of unbranched alkanes of at least 4 members (excludes halogenated alkanes) is 22. The Balaban J connectivity index is 4.98. The highest BCUT2D eigenvalue weighted by Crippen LogP contribution is 2.17. The fraction of sp³-hybridized carbons (Fsp3) is 0.906. The maximum Gasteiger partial charge on any atom is 0.307 e. The van der Waals surface area contributed by atoms with Crippen LogP contribution in [0.3, 0.4) is 0 Å². The van der Waals surface area contributed by atoms with Gasteiger partial charge in [-0.25, -0.2) is 0 Å². The monoisotopic (exact) mass is 926 g/mol. The second-order valence-electron chi connectivity index (χ2n) is 18.4. The van der Waals surface area contributed by atoms with Gasteiger partial charge in [-0.1, -0.05) is 169 Å². The Kier molecular flexibility index (Phi) is 45.7. The number of carbonyl (C=O) groups excluding carboxylic acids is 5. The molecule has 1 N–H and O–H groups in total. The highest BCUT2D eigenvalue weighted by molar-refractivity contribution is 5.71. The Hall–Kier alpha value is -2.73. The molecule has 0 aliphatic heterocycles. The summed E-state index contributed by atoms with van der Waals surface area (Å²) in [6, 6.07) is 0. The summed E-state index contributed by atoms with van der Waals surface area (Å²) in [4.78, 5) is 65.3. The van der Waals surface area contributed by atoms with Crippen molar-refractivity contribution >= 4 is 29.8 Å². The fourth-order valence-electron chi connectivity index (χ4n) is 7.74. The van der Waals surface area contributed by atoms with E-state index < -0.39 is 17.9 Å². The molecule has 0 aromatic carbocycles. The molecule has 12 heteroatoms. The number of aliphatic hydroxyl groups excluding tert-OH is 1. The summed E-state index contributed by atoms with van der Waals surface area (Å²) < 4.78 is 27.9. The molecule has 0 aliphatic carbocycles. The summed E-state index contributed by atoms with van der Waals surface area (Å²) in [5, 5.41) is 9.36. The van der Waals surface area contributed by atoms with E-state index in [2.05, 4.69) is 20.8 Å². The SMILES string of the molecule is CCCCCCCCCCCCCCCCCC(=O)OCC(COC(=O)CCCC(COC(=O)CCCCCCC)COC(=O)CCCCCCC)COC(=O)CCN(CCC)CCO. The van der Waals surface area contributed by atoms with Crippen LogP contribution in [0.1, 0.15) is 240 Å². The molecule has 0 aromatic rings. The first-order valence-corrected chi connectivity index (χ1v) is 26.8. The number of carbonyl (C=O) groups is 5. The van der Waals surface area contributed by atoms with Gasteiger partial charge in [-0.3, -0.25) is 24.0 Å². The number of esters is 5. The first-order chi connectivity index (χ1) is 31.7. The van der Waals surface area contributed by atoms with Crippen LogP contribution in [0.15, 0.2) is 0 Å². The Morgan fingerprint density at radius 3 is 0.954 bits per heavy atom. The van der Waals surface area contributed by atoms with Crippen molar-refractivity contribution in [2.45, 2.75) is 240 Å². The minimum Gasteiger partial charge on any atom is -0.465 e. The summed E-state index contributed by atoms with van der Waals surface area (Å²) in [7, 11) is 0. The molecule has 0 aromatic heterocycles. The van der Waals surface area contributed by atoms with Gasteiger partial charge in [-0.15, -0.1) is 0 Å². The van der Waals surface area contributed by atoms with Crippen LogP contribution in [0.5, 0.6) is 0 Å². The zero-order chi connectivity index (χ0) is 47.9. The predicted octanol–water partition coefficient (Wildman–Crippen LogP) is 12.2. The van der Waals surface area contributed by atoms with E-state index in [9.17, 15) is 29.1 Å². The molecule has 65 heavy (non-hydrogen) atoms. The summed E-state index contributed by atoms with van der Waals surface area (Å²) in [5.74, 6) is -2.49. The minimum atomic E-state index is -0.535. The molecular weight excluding hydrogens is 827 g/mol. The molecule has 0 saturated carbocycles. The smallest absolute Gasteiger partial charge is 0.307 e. The zero-order valence-corrected chi connectivity index (χ0v) is 42.3. The van der Waals surface area contributed by atoms with Gasteiger partial charge in [-0.2, -0.15) is 0 Å². The minimum absolute atomic E-state index is 0.00727. The normalized spacial score (nSPS) is 11.8. The third-order valence-corrected chi connectivity index (χ3v) is 11.9. The molecule has 0 fully saturated rings. The Bertz CT molecular complexity index is 1100. The number of hydrogen-bond acceptors (Lipinski definition) is 12. The van der Waals surface area contributed by atoms with Crippen molar-refractivity contribution in [3.05, 3.63) is 0 Å². The van der Waals surface area contributed by atoms with Crippen molar-refractivity contribution in [2.75, 3.05) is 59.3 Å². The topological polar surface area (TPSA) is 155 Å². The Morgan fingerprint density at radius 1 is 0.338 bits per heavy atom. The van der Waals surface area contributed by atoms with Gasteiger partial charge in [0.25, 0.3) is 0 Å². The van der Waals surface area contributed by atoms with Crippen molar-refractivity contribution in [2.24, 2.45) is 11.8 Å². The van der Waals surface area contributed by atoms with Crippen LogP contribution in [0, 0.1) is 11.8 Å². The van der Waals surface area contributed by atoms with Gasteiger partial charge in [0.1, 0.15) is 19.8 Å². The van der Waals surface area contributed by atoms with Gasteiger partial charge >= 0.3 is 29.8 Å². The lowest BCUT2D eigenvalue weighted by molar-refractivity contribution is -0.155. The van der Waals surface area contributed by atoms with E-state index in [1.807, 2.05) is 11.8 Å². The molecule has 0 radical (unpaired) electrons. The molecule has 0 rings (SSSR count). The number of rotatable bonds is 49. The van der Waals surface area contributed by atoms with Crippen LogP contribution < -0.4 is 0 Å². The van der Waals surface area contributed by atoms with Crippen LogP contribution >= 0.6 is 0 Å². The lowest BCUT2D eigenvalue weighted by atomic mass is 10.0. The Morgan fingerprint density at radius 2 is 0.631 bits per heavy atom. The highest BCUT2D eigenvalue weighted by Gasteiger charge is 2.20. The van der Waals surface area contributed by atoms with Crippen LogP contribution in [-0.4, -0.2) is 99.1 Å². The fourth-order valence-corrected chi connectivity index (χ4v) is 7.74. The van der Waals surface area contributed by atoms with Gasteiger partial charge in [0.15, 0.2) is 0 Å². The number of hydrogen-bond donors (Lipinski definition) is 1. The van der Waals surface area contributed by atoms with E-state index in [0.717, 1.165) is 96.4 Å². The van der Waals surface area contributed by atoms with Crippen molar-refractivity contribution in [3.8, 4) is 0 Å². The van der Waals surface area contributed by atoms with Crippen LogP contribution in [0.25, 0.3) is 0 Å². The second kappa shape index (κ2) is 47.8. The van der Waals surface area contributed by atoms with Gasteiger partial charge in [0, 0.05) is 44.7 Å². The first-order valence-electron chi connectivity index (χ1n) is 26.8. The van der Waals surface area contributed by atoms with Crippen LogP contribution in [0.2, 0.25) is 0 Å². The van der Waals surface area contributed by atoms with Crippen molar-refractivity contribution in [1.82, 2.24) is 4.90 Å². The molecule has 0 aliphatic rings. The van der Waals surface area contributed by atoms with E-state index in [1.54, 1.807) is 0 Å². The molecule has 0 heterocycles. The number of aliphatic hydroxyl groups is 1. The molecule has 1 atom stereocenters. The van der Waals surface area contributed by atoms with Crippen molar-refractivity contribution < 1.29 is 52.8 Å². The predicted molar refractivity (Wildman–Crippen MR) is 260 cm³/mol. The second-order valence-corrected chi connectivity index (χ2v) is 18.4. The average molecular weight is 926 g/mol. The van der Waals surface area contributed by atoms with E-state index in [1.165, 1.54) is 77.0 Å².